The fourth-order valence-electron chi connectivity index (χ4n) is 1.45. The highest BCUT2D eigenvalue weighted by Crippen LogP contribution is 2.06. The minimum absolute atomic E-state index is 0.257. The zero-order valence-corrected chi connectivity index (χ0v) is 10.6. The van der Waals surface area contributed by atoms with Gasteiger partial charge in [-0.05, 0) is 19.3 Å². The van der Waals surface area contributed by atoms with Gasteiger partial charge in [-0.25, -0.2) is 4.79 Å². The second-order valence-corrected chi connectivity index (χ2v) is 4.47. The number of carboxylic acid groups (broad SMARTS) is 1. The molecular weight excluding hydrogens is 220 g/mol. The summed E-state index contributed by atoms with van der Waals surface area (Å²) in [6, 6.07) is 0. The van der Waals surface area contributed by atoms with Gasteiger partial charge in [0.05, 0.1) is 19.3 Å². The Morgan fingerprint density at radius 3 is 2.76 bits per heavy atom. The van der Waals surface area contributed by atoms with Crippen LogP contribution >= 0.6 is 0 Å². The molecule has 0 bridgehead atoms. The number of aromatic nitrogens is 2. The number of rotatable bonds is 7. The predicted molar refractivity (Wildman–Crippen MR) is 64.2 cm³/mol. The smallest absolute Gasteiger partial charge is 0.339 e. The maximum Gasteiger partial charge on any atom is 0.339 e. The van der Waals surface area contributed by atoms with Crippen molar-refractivity contribution in [3.8, 4) is 0 Å². The molecule has 0 amide bonds. The summed E-state index contributed by atoms with van der Waals surface area (Å²) in [6.07, 6.45) is 2.42. The van der Waals surface area contributed by atoms with Gasteiger partial charge < -0.3 is 9.84 Å². The topological polar surface area (TPSA) is 64.3 Å². The fourth-order valence-corrected chi connectivity index (χ4v) is 1.45. The molecule has 0 radical (unpaired) electrons. The maximum atomic E-state index is 10.8. The molecule has 5 heteroatoms. The number of nitrogens with zero attached hydrogens (tertiary/aromatic N) is 2. The van der Waals surface area contributed by atoms with E-state index in [0.717, 1.165) is 13.0 Å². The standard InChI is InChI=1S/C12H20N2O3/c1-9(2)4-6-17-7-5-14-10(3)11(8-13-14)12(15)16/h8-9H,4-7H2,1-3H3,(H,15,16). The molecule has 0 aromatic carbocycles. The largest absolute Gasteiger partial charge is 0.478 e. The first-order valence-electron chi connectivity index (χ1n) is 5.85. The Bertz CT molecular complexity index is 372. The van der Waals surface area contributed by atoms with E-state index in [0.29, 0.717) is 24.8 Å². The van der Waals surface area contributed by atoms with Crippen LogP contribution in [0.4, 0.5) is 0 Å². The quantitative estimate of drug-likeness (QED) is 0.740. The molecule has 0 fully saturated rings. The summed E-state index contributed by atoms with van der Waals surface area (Å²) in [5, 5.41) is 12.9. The molecule has 0 unspecified atom stereocenters. The van der Waals surface area contributed by atoms with Gasteiger partial charge in [0.1, 0.15) is 5.56 Å². The monoisotopic (exact) mass is 240 g/mol. The van der Waals surface area contributed by atoms with Gasteiger partial charge in [0.15, 0.2) is 0 Å². The van der Waals surface area contributed by atoms with Crippen LogP contribution in [0, 0.1) is 12.8 Å². The molecule has 0 aliphatic heterocycles. The third-order valence-electron chi connectivity index (χ3n) is 2.62. The van der Waals surface area contributed by atoms with Crippen molar-refractivity contribution in [2.24, 2.45) is 5.92 Å². The average molecular weight is 240 g/mol. The summed E-state index contributed by atoms with van der Waals surface area (Å²) in [6.45, 7) is 7.96. The number of hydrogen-bond donors (Lipinski definition) is 1. The lowest BCUT2D eigenvalue weighted by atomic mass is 10.1. The van der Waals surface area contributed by atoms with Crippen molar-refractivity contribution >= 4 is 5.97 Å². The van der Waals surface area contributed by atoms with Crippen LogP contribution in [0.25, 0.3) is 0 Å². The molecule has 1 aromatic heterocycles. The SMILES string of the molecule is Cc1c(C(=O)O)cnn1CCOCCC(C)C. The second-order valence-electron chi connectivity index (χ2n) is 4.47. The molecule has 1 N–H and O–H groups in total. The first-order chi connectivity index (χ1) is 8.02. The lowest BCUT2D eigenvalue weighted by Crippen LogP contribution is -2.11. The summed E-state index contributed by atoms with van der Waals surface area (Å²) in [7, 11) is 0. The van der Waals surface area contributed by atoms with Crippen LogP contribution in [0.5, 0.6) is 0 Å². The highest BCUT2D eigenvalue weighted by Gasteiger charge is 2.12. The van der Waals surface area contributed by atoms with Crippen molar-refractivity contribution in [3.63, 3.8) is 0 Å². The van der Waals surface area contributed by atoms with E-state index in [9.17, 15) is 4.79 Å². The van der Waals surface area contributed by atoms with Gasteiger partial charge in [0, 0.05) is 12.3 Å². The van der Waals surface area contributed by atoms with E-state index in [4.69, 9.17) is 9.84 Å². The number of carbonyl (C=O) groups is 1. The molecule has 0 saturated carbocycles. The van der Waals surface area contributed by atoms with Crippen LogP contribution in [0.15, 0.2) is 6.20 Å². The molecule has 17 heavy (non-hydrogen) atoms. The van der Waals surface area contributed by atoms with E-state index in [2.05, 4.69) is 18.9 Å². The fraction of sp³-hybridized carbons (Fsp3) is 0.667. The first kappa shape index (κ1) is 13.7. The van der Waals surface area contributed by atoms with Gasteiger partial charge in [-0.3, -0.25) is 4.68 Å². The third-order valence-corrected chi connectivity index (χ3v) is 2.62. The van der Waals surface area contributed by atoms with Gasteiger partial charge >= 0.3 is 5.97 Å². The molecule has 0 spiro atoms. The zero-order valence-electron chi connectivity index (χ0n) is 10.6. The Morgan fingerprint density at radius 1 is 1.53 bits per heavy atom. The number of hydrogen-bond acceptors (Lipinski definition) is 3. The van der Waals surface area contributed by atoms with E-state index < -0.39 is 5.97 Å². The number of aromatic carboxylic acids is 1. The second kappa shape index (κ2) is 6.39. The Balaban J connectivity index is 2.35. The summed E-state index contributed by atoms with van der Waals surface area (Å²) in [5.41, 5.74) is 0.928. The minimum atomic E-state index is -0.936. The molecular formula is C12H20N2O3. The summed E-state index contributed by atoms with van der Waals surface area (Å²) in [5.74, 6) is -0.297. The van der Waals surface area contributed by atoms with E-state index in [1.807, 2.05) is 0 Å². The Kier molecular flexibility index (Phi) is 5.15. The van der Waals surface area contributed by atoms with Gasteiger partial charge in [-0.2, -0.15) is 5.10 Å². The third kappa shape index (κ3) is 4.19. The lowest BCUT2D eigenvalue weighted by Gasteiger charge is -2.07. The zero-order chi connectivity index (χ0) is 12.8. The Hall–Kier alpha value is -1.36. The van der Waals surface area contributed by atoms with Crippen molar-refractivity contribution in [2.75, 3.05) is 13.2 Å². The molecule has 1 heterocycles. The molecule has 0 atom stereocenters. The van der Waals surface area contributed by atoms with Crippen LogP contribution < -0.4 is 0 Å². The van der Waals surface area contributed by atoms with Gasteiger partial charge in [-0.1, -0.05) is 13.8 Å². The van der Waals surface area contributed by atoms with Gasteiger partial charge in [-0.15, -0.1) is 0 Å². The highest BCUT2D eigenvalue weighted by atomic mass is 16.5. The summed E-state index contributed by atoms with van der Waals surface area (Å²) < 4.78 is 7.13. The van der Waals surface area contributed by atoms with Crippen LogP contribution in [0.3, 0.4) is 0 Å². The van der Waals surface area contributed by atoms with E-state index in [-0.39, 0.29) is 5.56 Å². The van der Waals surface area contributed by atoms with Gasteiger partial charge in [0.25, 0.3) is 0 Å². The van der Waals surface area contributed by atoms with Crippen LogP contribution in [-0.2, 0) is 11.3 Å². The van der Waals surface area contributed by atoms with Crippen LogP contribution in [0.2, 0.25) is 0 Å². The van der Waals surface area contributed by atoms with Crippen molar-refractivity contribution in [1.29, 1.82) is 0 Å². The van der Waals surface area contributed by atoms with E-state index in [1.54, 1.807) is 11.6 Å². The van der Waals surface area contributed by atoms with Crippen molar-refractivity contribution in [3.05, 3.63) is 17.5 Å². The molecule has 5 nitrogen and oxygen atoms in total. The van der Waals surface area contributed by atoms with E-state index in [1.165, 1.54) is 6.20 Å². The minimum Gasteiger partial charge on any atom is -0.478 e. The molecule has 0 aliphatic carbocycles. The Labute approximate surface area is 101 Å². The van der Waals surface area contributed by atoms with Crippen molar-refractivity contribution < 1.29 is 14.6 Å². The molecule has 1 rings (SSSR count). The maximum absolute atomic E-state index is 10.8. The molecule has 0 aliphatic rings. The summed E-state index contributed by atoms with van der Waals surface area (Å²) in [4.78, 5) is 10.8. The van der Waals surface area contributed by atoms with Crippen molar-refractivity contribution in [1.82, 2.24) is 9.78 Å². The summed E-state index contributed by atoms with van der Waals surface area (Å²) >= 11 is 0. The normalized spacial score (nSPS) is 11.1. The molecule has 0 saturated heterocycles. The number of ether oxygens (including phenoxy) is 1. The predicted octanol–water partition coefficient (Wildman–Crippen LogP) is 1.95. The Morgan fingerprint density at radius 2 is 2.24 bits per heavy atom. The number of carboxylic acids is 1. The average Bonchev–Trinajstić information content (AvgIpc) is 2.59. The molecule has 1 aromatic rings. The first-order valence-corrected chi connectivity index (χ1v) is 5.85. The van der Waals surface area contributed by atoms with Crippen LogP contribution in [-0.4, -0.2) is 34.1 Å². The van der Waals surface area contributed by atoms with Crippen LogP contribution in [0.1, 0.15) is 36.3 Å². The van der Waals surface area contributed by atoms with Gasteiger partial charge in [0.2, 0.25) is 0 Å². The highest BCUT2D eigenvalue weighted by molar-refractivity contribution is 5.88. The lowest BCUT2D eigenvalue weighted by molar-refractivity contribution is 0.0695. The molecule has 96 valence electrons. The van der Waals surface area contributed by atoms with Crippen molar-refractivity contribution in [2.45, 2.75) is 33.7 Å². The van der Waals surface area contributed by atoms with E-state index >= 15 is 0 Å².